The summed E-state index contributed by atoms with van der Waals surface area (Å²) < 4.78 is 6.65. The Morgan fingerprint density at radius 1 is 1.67 bits per heavy atom. The molecule has 0 spiro atoms. The van der Waals surface area contributed by atoms with E-state index in [2.05, 4.69) is 10.4 Å². The first kappa shape index (κ1) is 11.7. The maximum absolute atomic E-state index is 11.6. The van der Waals surface area contributed by atoms with E-state index >= 15 is 0 Å². The van der Waals surface area contributed by atoms with Gasteiger partial charge in [-0.2, -0.15) is 5.10 Å². The first-order valence-corrected chi connectivity index (χ1v) is 5.00. The second-order valence-corrected chi connectivity index (χ2v) is 3.21. The van der Waals surface area contributed by atoms with Crippen LogP contribution in [-0.2, 0) is 11.3 Å². The minimum atomic E-state index is -0.0933. The van der Waals surface area contributed by atoms with Crippen LogP contribution >= 0.6 is 0 Å². The van der Waals surface area contributed by atoms with Crippen molar-refractivity contribution in [3.63, 3.8) is 0 Å². The van der Waals surface area contributed by atoms with E-state index in [4.69, 9.17) is 4.74 Å². The molecule has 1 N–H and O–H groups in total. The highest BCUT2D eigenvalue weighted by atomic mass is 16.5. The topological polar surface area (TPSA) is 56.2 Å². The molecule has 0 aliphatic heterocycles. The van der Waals surface area contributed by atoms with Crippen molar-refractivity contribution in [3.8, 4) is 0 Å². The zero-order valence-electron chi connectivity index (χ0n) is 9.41. The van der Waals surface area contributed by atoms with Crippen molar-refractivity contribution >= 4 is 5.91 Å². The van der Waals surface area contributed by atoms with Gasteiger partial charge in [-0.25, -0.2) is 0 Å². The number of hydrogen-bond donors (Lipinski definition) is 1. The highest BCUT2D eigenvalue weighted by Crippen LogP contribution is 2.06. The van der Waals surface area contributed by atoms with Crippen LogP contribution in [0.5, 0.6) is 0 Å². The van der Waals surface area contributed by atoms with Crippen molar-refractivity contribution in [2.24, 2.45) is 0 Å². The van der Waals surface area contributed by atoms with E-state index in [1.54, 1.807) is 18.0 Å². The number of nitrogens with one attached hydrogen (secondary N) is 1. The molecule has 5 heteroatoms. The van der Waals surface area contributed by atoms with Crippen molar-refractivity contribution < 1.29 is 9.53 Å². The maximum Gasteiger partial charge on any atom is 0.254 e. The molecule has 0 saturated heterocycles. The Bertz CT molecular complexity index is 333. The molecule has 0 aliphatic rings. The number of rotatable bonds is 5. The van der Waals surface area contributed by atoms with Gasteiger partial charge in [0.05, 0.1) is 18.4 Å². The first-order chi connectivity index (χ1) is 7.20. The largest absolute Gasteiger partial charge is 0.383 e. The third kappa shape index (κ3) is 2.79. The van der Waals surface area contributed by atoms with Crippen LogP contribution in [0, 0.1) is 6.92 Å². The van der Waals surface area contributed by atoms with Gasteiger partial charge in [-0.3, -0.25) is 9.48 Å². The van der Waals surface area contributed by atoms with Crippen LogP contribution < -0.4 is 5.32 Å². The Morgan fingerprint density at radius 3 is 2.93 bits per heavy atom. The van der Waals surface area contributed by atoms with Gasteiger partial charge in [-0.1, -0.05) is 0 Å². The molecule has 0 fully saturated rings. The molecule has 0 aromatic carbocycles. The molecule has 1 aromatic heterocycles. The number of aryl methyl sites for hydroxylation is 1. The highest BCUT2D eigenvalue weighted by molar-refractivity contribution is 5.94. The van der Waals surface area contributed by atoms with Gasteiger partial charge in [0.1, 0.15) is 0 Å². The van der Waals surface area contributed by atoms with Gasteiger partial charge in [0.2, 0.25) is 0 Å². The molecular formula is C10H17N3O2. The molecule has 1 heterocycles. The first-order valence-electron chi connectivity index (χ1n) is 5.00. The molecule has 0 atom stereocenters. The lowest BCUT2D eigenvalue weighted by atomic mass is 10.2. The van der Waals surface area contributed by atoms with Gasteiger partial charge in [-0.15, -0.1) is 0 Å². The van der Waals surface area contributed by atoms with Gasteiger partial charge in [0, 0.05) is 25.9 Å². The number of aromatic nitrogens is 2. The summed E-state index contributed by atoms with van der Waals surface area (Å²) in [4.78, 5) is 11.6. The maximum atomic E-state index is 11.6. The molecule has 0 aliphatic carbocycles. The minimum absolute atomic E-state index is 0.0933. The van der Waals surface area contributed by atoms with E-state index in [9.17, 15) is 4.79 Å². The summed E-state index contributed by atoms with van der Waals surface area (Å²) in [5.74, 6) is -0.0933. The lowest BCUT2D eigenvalue weighted by molar-refractivity contribution is 0.0936. The fourth-order valence-electron chi connectivity index (χ4n) is 1.35. The summed E-state index contributed by atoms with van der Waals surface area (Å²) in [7, 11) is 1.60. The van der Waals surface area contributed by atoms with Crippen LogP contribution in [0.4, 0.5) is 0 Å². The summed E-state index contributed by atoms with van der Waals surface area (Å²) in [6, 6.07) is 0. The molecule has 0 radical (unpaired) electrons. The Kier molecular flexibility index (Phi) is 4.30. The predicted molar refractivity (Wildman–Crippen MR) is 56.8 cm³/mol. The molecule has 1 rings (SSSR count). The lowest BCUT2D eigenvalue weighted by Crippen LogP contribution is -2.27. The van der Waals surface area contributed by atoms with Crippen molar-refractivity contribution in [2.45, 2.75) is 20.4 Å². The number of carbonyl (C=O) groups excluding carboxylic acids is 1. The van der Waals surface area contributed by atoms with Crippen LogP contribution in [-0.4, -0.2) is 35.9 Å². The van der Waals surface area contributed by atoms with Gasteiger partial charge < -0.3 is 10.1 Å². The summed E-state index contributed by atoms with van der Waals surface area (Å²) in [5.41, 5.74) is 1.53. The predicted octanol–water partition coefficient (Wildman–Crippen LogP) is 0.588. The third-order valence-electron chi connectivity index (χ3n) is 2.24. The van der Waals surface area contributed by atoms with Crippen LogP contribution in [0.2, 0.25) is 0 Å². The number of ether oxygens (including phenoxy) is 1. The molecule has 0 bridgehead atoms. The molecule has 84 valence electrons. The Labute approximate surface area is 89.4 Å². The monoisotopic (exact) mass is 211 g/mol. The molecule has 1 amide bonds. The fourth-order valence-corrected chi connectivity index (χ4v) is 1.35. The molecule has 15 heavy (non-hydrogen) atoms. The second-order valence-electron chi connectivity index (χ2n) is 3.21. The van der Waals surface area contributed by atoms with Gasteiger partial charge in [0.15, 0.2) is 0 Å². The number of nitrogens with zero attached hydrogens (tertiary/aromatic N) is 2. The van der Waals surface area contributed by atoms with Gasteiger partial charge >= 0.3 is 0 Å². The van der Waals surface area contributed by atoms with Gasteiger partial charge in [-0.05, 0) is 13.8 Å². The van der Waals surface area contributed by atoms with E-state index in [0.29, 0.717) is 18.7 Å². The minimum Gasteiger partial charge on any atom is -0.383 e. The molecule has 1 aromatic rings. The fraction of sp³-hybridized carbons (Fsp3) is 0.600. The average molecular weight is 211 g/mol. The van der Waals surface area contributed by atoms with E-state index in [1.165, 1.54) is 0 Å². The number of hydrogen-bond acceptors (Lipinski definition) is 3. The van der Waals surface area contributed by atoms with E-state index in [0.717, 1.165) is 12.2 Å². The second kappa shape index (κ2) is 5.50. The molecule has 0 unspecified atom stereocenters. The van der Waals surface area contributed by atoms with Crippen molar-refractivity contribution in [1.29, 1.82) is 0 Å². The van der Waals surface area contributed by atoms with Crippen molar-refractivity contribution in [3.05, 3.63) is 17.5 Å². The zero-order chi connectivity index (χ0) is 11.3. The van der Waals surface area contributed by atoms with E-state index < -0.39 is 0 Å². The van der Waals surface area contributed by atoms with E-state index in [-0.39, 0.29) is 5.91 Å². The van der Waals surface area contributed by atoms with Crippen LogP contribution in [0.25, 0.3) is 0 Å². The number of amides is 1. The summed E-state index contributed by atoms with van der Waals surface area (Å²) in [5, 5.41) is 6.87. The van der Waals surface area contributed by atoms with Crippen molar-refractivity contribution in [2.75, 3.05) is 20.3 Å². The Balaban J connectivity index is 2.61. The quantitative estimate of drug-likeness (QED) is 0.725. The summed E-state index contributed by atoms with van der Waals surface area (Å²) in [6.07, 6.45) is 1.60. The summed E-state index contributed by atoms with van der Waals surface area (Å²) >= 11 is 0. The Morgan fingerprint density at radius 2 is 2.40 bits per heavy atom. The average Bonchev–Trinajstić information content (AvgIpc) is 2.60. The zero-order valence-corrected chi connectivity index (χ0v) is 9.41. The Hall–Kier alpha value is -1.36. The lowest BCUT2D eigenvalue weighted by Gasteiger charge is -2.04. The van der Waals surface area contributed by atoms with E-state index in [1.807, 2.05) is 13.8 Å². The smallest absolute Gasteiger partial charge is 0.254 e. The number of carbonyl (C=O) groups is 1. The van der Waals surface area contributed by atoms with Crippen LogP contribution in [0.15, 0.2) is 6.20 Å². The molecular weight excluding hydrogens is 194 g/mol. The summed E-state index contributed by atoms with van der Waals surface area (Å²) in [6.45, 7) is 5.70. The van der Waals surface area contributed by atoms with Crippen molar-refractivity contribution in [1.82, 2.24) is 15.1 Å². The SMILES string of the molecule is CCn1ncc(C(=O)NCCOC)c1C. The van der Waals surface area contributed by atoms with Crippen LogP contribution in [0.1, 0.15) is 23.0 Å². The highest BCUT2D eigenvalue weighted by Gasteiger charge is 2.12. The van der Waals surface area contributed by atoms with Gasteiger partial charge in [0.25, 0.3) is 5.91 Å². The standard InChI is InChI=1S/C10H17N3O2/c1-4-13-8(2)9(7-12-13)10(14)11-5-6-15-3/h7H,4-6H2,1-3H3,(H,11,14). The third-order valence-corrected chi connectivity index (χ3v) is 2.24. The normalized spacial score (nSPS) is 10.3. The molecule has 5 nitrogen and oxygen atoms in total. The molecule has 0 saturated carbocycles. The number of methoxy groups -OCH3 is 1. The van der Waals surface area contributed by atoms with Crippen LogP contribution in [0.3, 0.4) is 0 Å².